The van der Waals surface area contributed by atoms with Crippen molar-refractivity contribution in [2.24, 2.45) is 0 Å². The minimum atomic E-state index is 0.735. The Hall–Kier alpha value is -3.33. The molecular weight excluding hydrogens is 392 g/mol. The van der Waals surface area contributed by atoms with Crippen LogP contribution in [0.3, 0.4) is 0 Å². The lowest BCUT2D eigenvalue weighted by Crippen LogP contribution is -1.98. The number of hydrogen-bond donors (Lipinski definition) is 0. The Morgan fingerprint density at radius 2 is 1.62 bits per heavy atom. The van der Waals surface area contributed by atoms with Gasteiger partial charge in [-0.1, -0.05) is 49.7 Å². The van der Waals surface area contributed by atoms with Crippen molar-refractivity contribution in [1.82, 2.24) is 9.38 Å². The summed E-state index contributed by atoms with van der Waals surface area (Å²) in [5, 5.41) is 3.46. The van der Waals surface area contributed by atoms with E-state index in [1.54, 1.807) is 11.1 Å². The van der Waals surface area contributed by atoms with Crippen LogP contribution in [0.1, 0.15) is 61.6 Å². The number of aromatic nitrogens is 2. The Kier molecular flexibility index (Phi) is 3.62. The molecule has 0 amide bonds. The van der Waals surface area contributed by atoms with E-state index < -0.39 is 0 Å². The van der Waals surface area contributed by atoms with Gasteiger partial charge in [0.15, 0.2) is 5.58 Å². The molecule has 2 aliphatic rings. The first-order valence-corrected chi connectivity index (χ1v) is 12.0. The maximum Gasteiger partial charge on any atom is 0.160 e. The van der Waals surface area contributed by atoms with Crippen LogP contribution in [-0.2, 0) is 0 Å². The highest BCUT2D eigenvalue weighted by molar-refractivity contribution is 6.18. The number of imidazole rings is 1. The summed E-state index contributed by atoms with van der Waals surface area (Å²) in [4.78, 5) is 5.18. The molecule has 2 atom stereocenters. The molecule has 0 N–H and O–H groups in total. The molecule has 8 rings (SSSR count). The summed E-state index contributed by atoms with van der Waals surface area (Å²) in [6, 6.07) is 19.8. The molecular formula is C29H26N2O. The zero-order chi connectivity index (χ0) is 21.6. The van der Waals surface area contributed by atoms with Gasteiger partial charge < -0.3 is 4.42 Å². The number of furan rings is 1. The number of hydrogen-bond acceptors (Lipinski definition) is 2. The average Bonchev–Trinajstić information content (AvgIpc) is 3.60. The highest BCUT2D eigenvalue weighted by Gasteiger charge is 2.37. The molecule has 0 spiro atoms. The van der Waals surface area contributed by atoms with Gasteiger partial charge in [-0.15, -0.1) is 0 Å². The SMILES string of the molecule is CC.Cc1ccc2oc3c4ccccc4c4nc5cc6c(cc5n4c3c2c1)C1CCC6C1. The molecule has 2 aliphatic carbocycles. The van der Waals surface area contributed by atoms with E-state index in [0.717, 1.165) is 50.5 Å². The van der Waals surface area contributed by atoms with Gasteiger partial charge in [0.05, 0.1) is 11.0 Å². The summed E-state index contributed by atoms with van der Waals surface area (Å²) in [5.74, 6) is 1.48. The summed E-state index contributed by atoms with van der Waals surface area (Å²) in [6.45, 7) is 6.14. The molecule has 0 aliphatic heterocycles. The molecule has 0 saturated heterocycles. The predicted octanol–water partition coefficient (Wildman–Crippen LogP) is 8.24. The van der Waals surface area contributed by atoms with Gasteiger partial charge in [0, 0.05) is 16.2 Å². The first-order valence-electron chi connectivity index (χ1n) is 12.0. The van der Waals surface area contributed by atoms with E-state index in [-0.39, 0.29) is 0 Å². The molecule has 2 unspecified atom stereocenters. The Balaban J connectivity index is 0.000000880. The maximum atomic E-state index is 6.44. The smallest absolute Gasteiger partial charge is 0.160 e. The van der Waals surface area contributed by atoms with Crippen LogP contribution in [0.15, 0.2) is 59.0 Å². The minimum absolute atomic E-state index is 0.735. The second-order valence-corrected chi connectivity index (χ2v) is 9.27. The second kappa shape index (κ2) is 6.35. The zero-order valence-electron chi connectivity index (χ0n) is 18.8. The second-order valence-electron chi connectivity index (χ2n) is 9.27. The van der Waals surface area contributed by atoms with Gasteiger partial charge in [-0.2, -0.15) is 0 Å². The lowest BCUT2D eigenvalue weighted by Gasteiger charge is -2.14. The number of pyridine rings is 1. The summed E-state index contributed by atoms with van der Waals surface area (Å²) in [7, 11) is 0. The van der Waals surface area contributed by atoms with Crippen molar-refractivity contribution in [2.75, 3.05) is 0 Å². The number of aryl methyl sites for hydroxylation is 1. The molecule has 3 aromatic carbocycles. The van der Waals surface area contributed by atoms with Crippen LogP contribution in [0, 0.1) is 6.92 Å². The molecule has 3 nitrogen and oxygen atoms in total. The number of rotatable bonds is 0. The van der Waals surface area contributed by atoms with Crippen LogP contribution in [0.5, 0.6) is 0 Å². The Bertz CT molecular complexity index is 1700. The molecule has 6 aromatic rings. The molecule has 3 heteroatoms. The lowest BCUT2D eigenvalue weighted by molar-refractivity contribution is 0.672. The van der Waals surface area contributed by atoms with Crippen molar-refractivity contribution in [3.63, 3.8) is 0 Å². The summed E-state index contributed by atoms with van der Waals surface area (Å²) >= 11 is 0. The molecule has 1 saturated carbocycles. The van der Waals surface area contributed by atoms with Crippen molar-refractivity contribution in [2.45, 2.75) is 51.9 Å². The lowest BCUT2D eigenvalue weighted by atomic mass is 9.91. The van der Waals surface area contributed by atoms with Crippen molar-refractivity contribution >= 4 is 49.5 Å². The van der Waals surface area contributed by atoms with Gasteiger partial charge in [0.2, 0.25) is 0 Å². The average molecular weight is 419 g/mol. The van der Waals surface area contributed by atoms with Gasteiger partial charge in [-0.25, -0.2) is 4.98 Å². The fourth-order valence-corrected chi connectivity index (χ4v) is 6.30. The number of nitrogens with zero attached hydrogens (tertiary/aromatic N) is 2. The summed E-state index contributed by atoms with van der Waals surface area (Å²) < 4.78 is 8.81. The van der Waals surface area contributed by atoms with Crippen LogP contribution in [0.4, 0.5) is 0 Å². The van der Waals surface area contributed by atoms with Gasteiger partial charge in [0.1, 0.15) is 16.7 Å². The Labute approximate surface area is 186 Å². The van der Waals surface area contributed by atoms with Crippen LogP contribution < -0.4 is 0 Å². The van der Waals surface area contributed by atoms with E-state index in [2.05, 4.69) is 65.9 Å². The van der Waals surface area contributed by atoms with E-state index in [1.807, 2.05) is 13.8 Å². The van der Waals surface area contributed by atoms with Crippen LogP contribution in [0.25, 0.3) is 49.5 Å². The van der Waals surface area contributed by atoms with Crippen molar-refractivity contribution in [3.8, 4) is 0 Å². The topological polar surface area (TPSA) is 30.4 Å². The molecule has 0 radical (unpaired) electrons. The summed E-state index contributed by atoms with van der Waals surface area (Å²) in [6.07, 6.45) is 4.01. The standard InChI is InChI=1S/C27H20N2O.C2H6/c1-14-6-9-24-21(10-14)25-26(30-24)17-4-2-3-5-18(17)27-28-22-12-19-15-7-8-16(11-15)20(19)13-23(22)29(25)27;1-2/h2-6,9-10,12-13,15-16H,7-8,11H2,1H3;1-2H3. The third kappa shape index (κ3) is 2.19. The predicted molar refractivity (Wildman–Crippen MR) is 133 cm³/mol. The highest BCUT2D eigenvalue weighted by Crippen LogP contribution is 2.54. The third-order valence-electron chi connectivity index (χ3n) is 7.63. The molecule has 32 heavy (non-hydrogen) atoms. The van der Waals surface area contributed by atoms with E-state index in [1.165, 1.54) is 35.7 Å². The van der Waals surface area contributed by atoms with Crippen molar-refractivity contribution in [3.05, 3.63) is 71.3 Å². The van der Waals surface area contributed by atoms with Crippen LogP contribution in [0.2, 0.25) is 0 Å². The van der Waals surface area contributed by atoms with Crippen molar-refractivity contribution in [1.29, 1.82) is 0 Å². The van der Waals surface area contributed by atoms with Gasteiger partial charge in [0.25, 0.3) is 0 Å². The fraction of sp³-hybridized carbons (Fsp3) is 0.276. The maximum absolute atomic E-state index is 6.44. The molecule has 1 fully saturated rings. The van der Waals surface area contributed by atoms with Crippen LogP contribution >= 0.6 is 0 Å². The number of fused-ring (bicyclic) bond motifs is 15. The van der Waals surface area contributed by atoms with Gasteiger partial charge in [-0.05, 0) is 73.4 Å². The minimum Gasteiger partial charge on any atom is -0.454 e. The van der Waals surface area contributed by atoms with E-state index in [0.29, 0.717) is 0 Å². The number of benzene rings is 3. The fourth-order valence-electron chi connectivity index (χ4n) is 6.30. The molecule has 2 bridgehead atoms. The van der Waals surface area contributed by atoms with Gasteiger partial charge in [-0.3, -0.25) is 4.40 Å². The largest absolute Gasteiger partial charge is 0.454 e. The third-order valence-corrected chi connectivity index (χ3v) is 7.63. The van der Waals surface area contributed by atoms with E-state index in [4.69, 9.17) is 9.40 Å². The highest BCUT2D eigenvalue weighted by atomic mass is 16.3. The first-order chi connectivity index (χ1) is 15.8. The normalized spacial score (nSPS) is 19.3. The first kappa shape index (κ1) is 18.3. The van der Waals surface area contributed by atoms with E-state index >= 15 is 0 Å². The molecule has 3 heterocycles. The molecule has 158 valence electrons. The molecule has 3 aromatic heterocycles. The van der Waals surface area contributed by atoms with Crippen molar-refractivity contribution < 1.29 is 4.42 Å². The Morgan fingerprint density at radius 1 is 0.875 bits per heavy atom. The summed E-state index contributed by atoms with van der Waals surface area (Å²) in [5.41, 5.74) is 10.8. The van der Waals surface area contributed by atoms with Crippen LogP contribution in [-0.4, -0.2) is 9.38 Å². The monoisotopic (exact) mass is 418 g/mol. The van der Waals surface area contributed by atoms with E-state index in [9.17, 15) is 0 Å². The Morgan fingerprint density at radius 3 is 2.44 bits per heavy atom. The zero-order valence-corrected chi connectivity index (χ0v) is 18.8. The van der Waals surface area contributed by atoms with Gasteiger partial charge >= 0.3 is 0 Å². The quantitative estimate of drug-likeness (QED) is 0.249.